The highest BCUT2D eigenvalue weighted by Gasteiger charge is 2.26. The van der Waals surface area contributed by atoms with E-state index in [1.807, 2.05) is 37.8 Å². The summed E-state index contributed by atoms with van der Waals surface area (Å²) in [5, 5.41) is 0.394. The third-order valence-corrected chi connectivity index (χ3v) is 8.00. The van der Waals surface area contributed by atoms with Crippen molar-refractivity contribution in [2.24, 2.45) is 0 Å². The van der Waals surface area contributed by atoms with Gasteiger partial charge in [0.15, 0.2) is 0 Å². The first-order valence-electron chi connectivity index (χ1n) is 10.8. The Morgan fingerprint density at radius 3 is 3.00 bits per heavy atom. The van der Waals surface area contributed by atoms with Gasteiger partial charge in [0.25, 0.3) is 5.56 Å². The number of ether oxygens (including phenoxy) is 1. The van der Waals surface area contributed by atoms with Crippen molar-refractivity contribution in [3.8, 4) is 0 Å². The molecule has 0 aromatic carbocycles. The second-order valence-electron chi connectivity index (χ2n) is 8.14. The average molecular weight is 473 g/mol. The van der Waals surface area contributed by atoms with Crippen LogP contribution in [0.15, 0.2) is 29.3 Å². The van der Waals surface area contributed by atoms with E-state index < -0.39 is 0 Å². The number of carbonyl (C=O) groups excluding carboxylic acids is 1. The van der Waals surface area contributed by atoms with E-state index in [1.54, 1.807) is 12.4 Å². The lowest BCUT2D eigenvalue weighted by molar-refractivity contribution is -0.132. The number of thiophene rings is 1. The topological polar surface area (TPSA) is 88.2 Å². The zero-order valence-electron chi connectivity index (χ0n) is 18.6. The van der Waals surface area contributed by atoms with Gasteiger partial charge in [-0.15, -0.1) is 23.1 Å². The fourth-order valence-corrected chi connectivity index (χ4v) is 5.76. The van der Waals surface area contributed by atoms with Gasteiger partial charge < -0.3 is 14.6 Å². The highest BCUT2D eigenvalue weighted by atomic mass is 32.2. The molecule has 3 aromatic heterocycles. The van der Waals surface area contributed by atoms with Crippen molar-refractivity contribution < 1.29 is 9.53 Å². The maximum absolute atomic E-state index is 13.3. The Morgan fingerprint density at radius 1 is 1.44 bits per heavy atom. The van der Waals surface area contributed by atoms with Crippen LogP contribution >= 0.6 is 23.1 Å². The Balaban J connectivity index is 1.45. The van der Waals surface area contributed by atoms with Gasteiger partial charge in [-0.2, -0.15) is 0 Å². The number of carbonyl (C=O) groups is 1. The maximum atomic E-state index is 13.3. The van der Waals surface area contributed by atoms with Gasteiger partial charge in [0.05, 0.1) is 22.5 Å². The lowest BCUT2D eigenvalue weighted by Gasteiger charge is -2.28. The van der Waals surface area contributed by atoms with E-state index in [0.717, 1.165) is 40.3 Å². The Bertz CT molecular complexity index is 1140. The zero-order valence-corrected chi connectivity index (χ0v) is 20.2. The summed E-state index contributed by atoms with van der Waals surface area (Å²) in [4.78, 5) is 41.3. The van der Waals surface area contributed by atoms with Crippen LogP contribution in [0.1, 0.15) is 41.6 Å². The molecule has 0 saturated carbocycles. The van der Waals surface area contributed by atoms with Crippen molar-refractivity contribution >= 4 is 39.2 Å². The highest BCUT2D eigenvalue weighted by Crippen LogP contribution is 2.27. The Kier molecular flexibility index (Phi) is 7.27. The van der Waals surface area contributed by atoms with Gasteiger partial charge in [-0.3, -0.25) is 14.6 Å². The van der Waals surface area contributed by atoms with Crippen LogP contribution in [-0.4, -0.2) is 50.3 Å². The van der Waals surface area contributed by atoms with Crippen LogP contribution in [-0.2, 0) is 21.8 Å². The van der Waals surface area contributed by atoms with Crippen LogP contribution in [0.2, 0.25) is 0 Å². The number of aromatic nitrogens is 3. The average Bonchev–Trinajstić information content (AvgIpc) is 3.39. The maximum Gasteiger partial charge on any atom is 0.259 e. The van der Waals surface area contributed by atoms with Gasteiger partial charge in [0.1, 0.15) is 10.7 Å². The van der Waals surface area contributed by atoms with E-state index in [9.17, 15) is 9.59 Å². The predicted molar refractivity (Wildman–Crippen MR) is 129 cm³/mol. The first kappa shape index (κ1) is 22.9. The van der Waals surface area contributed by atoms with Crippen molar-refractivity contribution in [3.63, 3.8) is 0 Å². The van der Waals surface area contributed by atoms with Crippen LogP contribution in [0.3, 0.4) is 0 Å². The molecule has 9 heteroatoms. The second kappa shape index (κ2) is 10.1. The number of aromatic amines is 1. The van der Waals surface area contributed by atoms with Crippen molar-refractivity contribution in [1.82, 2.24) is 19.9 Å². The first-order chi connectivity index (χ1) is 15.4. The molecule has 4 heterocycles. The van der Waals surface area contributed by atoms with Gasteiger partial charge in [-0.1, -0.05) is 6.07 Å². The molecule has 2 atom stereocenters. The van der Waals surface area contributed by atoms with Crippen LogP contribution in [0, 0.1) is 13.8 Å². The van der Waals surface area contributed by atoms with Gasteiger partial charge >= 0.3 is 0 Å². The van der Waals surface area contributed by atoms with Crippen LogP contribution in [0.5, 0.6) is 0 Å². The smallest absolute Gasteiger partial charge is 0.259 e. The molecule has 2 unspecified atom stereocenters. The number of amides is 1. The minimum atomic E-state index is -0.277. The van der Waals surface area contributed by atoms with Crippen molar-refractivity contribution in [2.45, 2.75) is 57.3 Å². The summed E-state index contributed by atoms with van der Waals surface area (Å²) in [5.41, 5.74) is 1.88. The zero-order chi connectivity index (χ0) is 22.7. The second-order valence-corrected chi connectivity index (χ2v) is 10.7. The van der Waals surface area contributed by atoms with Crippen LogP contribution < -0.4 is 5.56 Å². The molecule has 1 N–H and O–H groups in total. The molecule has 4 rings (SSSR count). The molecule has 1 fully saturated rings. The molecule has 3 aromatic rings. The monoisotopic (exact) mass is 472 g/mol. The molecule has 170 valence electrons. The SMILES string of the molecule is Cc1sc2nc(CSC(C)C(=O)N(Cc3cccnc3)CC3CCCO3)[nH]c(=O)c2c1C. The summed E-state index contributed by atoms with van der Waals surface area (Å²) in [6.45, 7) is 7.70. The summed E-state index contributed by atoms with van der Waals surface area (Å²) in [6, 6.07) is 3.86. The van der Waals surface area contributed by atoms with E-state index >= 15 is 0 Å². The van der Waals surface area contributed by atoms with E-state index in [1.165, 1.54) is 23.1 Å². The Morgan fingerprint density at radius 2 is 2.28 bits per heavy atom. The fourth-order valence-electron chi connectivity index (χ4n) is 3.88. The summed E-state index contributed by atoms with van der Waals surface area (Å²) >= 11 is 3.02. The molecule has 0 spiro atoms. The number of thioether (sulfide) groups is 1. The third-order valence-electron chi connectivity index (χ3n) is 5.76. The summed E-state index contributed by atoms with van der Waals surface area (Å²) < 4.78 is 5.78. The number of hydrogen-bond acceptors (Lipinski definition) is 7. The van der Waals surface area contributed by atoms with Gasteiger partial charge in [-0.05, 0) is 50.8 Å². The van der Waals surface area contributed by atoms with E-state index in [4.69, 9.17) is 4.74 Å². The number of H-pyrrole nitrogens is 1. The molecule has 1 aliphatic heterocycles. The minimum absolute atomic E-state index is 0.0561. The predicted octanol–water partition coefficient (Wildman–Crippen LogP) is 3.83. The Labute approximate surface area is 195 Å². The highest BCUT2D eigenvalue weighted by molar-refractivity contribution is 7.99. The number of pyridine rings is 1. The first-order valence-corrected chi connectivity index (χ1v) is 12.7. The molecular formula is C23H28N4O3S2. The quantitative estimate of drug-likeness (QED) is 0.536. The molecule has 7 nitrogen and oxygen atoms in total. The van der Waals surface area contributed by atoms with Crippen molar-refractivity contribution in [3.05, 3.63) is 56.7 Å². The summed E-state index contributed by atoms with van der Waals surface area (Å²) in [6.07, 6.45) is 5.62. The van der Waals surface area contributed by atoms with Crippen molar-refractivity contribution in [2.75, 3.05) is 13.2 Å². The minimum Gasteiger partial charge on any atom is -0.376 e. The molecule has 0 bridgehead atoms. The van der Waals surface area contributed by atoms with E-state index in [0.29, 0.717) is 30.1 Å². The summed E-state index contributed by atoms with van der Waals surface area (Å²) in [5.74, 6) is 1.13. The molecule has 1 saturated heterocycles. The number of nitrogens with zero attached hydrogens (tertiary/aromatic N) is 3. The lowest BCUT2D eigenvalue weighted by Crippen LogP contribution is -2.41. The fraction of sp³-hybridized carbons (Fsp3) is 0.478. The van der Waals surface area contributed by atoms with Crippen molar-refractivity contribution in [1.29, 1.82) is 0 Å². The van der Waals surface area contributed by atoms with Gasteiger partial charge in [0.2, 0.25) is 5.91 Å². The Hall–Kier alpha value is -2.23. The number of hydrogen-bond donors (Lipinski definition) is 1. The number of fused-ring (bicyclic) bond motifs is 1. The van der Waals surface area contributed by atoms with Gasteiger partial charge in [0, 0.05) is 37.0 Å². The standard InChI is InChI=1S/C23H28N4O3S2/c1-14-15(2)32-22-20(14)21(28)25-19(26-22)13-31-16(3)23(29)27(12-18-7-5-9-30-18)11-17-6-4-8-24-10-17/h4,6,8,10,16,18H,5,7,9,11-13H2,1-3H3,(H,25,26,28). The molecule has 0 aliphatic carbocycles. The molecule has 32 heavy (non-hydrogen) atoms. The number of aryl methyl sites for hydroxylation is 2. The normalized spacial score (nSPS) is 17.0. The van der Waals surface area contributed by atoms with E-state index in [2.05, 4.69) is 15.0 Å². The number of nitrogens with one attached hydrogen (secondary N) is 1. The van der Waals surface area contributed by atoms with Crippen LogP contribution in [0.4, 0.5) is 0 Å². The summed E-state index contributed by atoms with van der Waals surface area (Å²) in [7, 11) is 0. The third kappa shape index (κ3) is 5.22. The molecule has 1 aliphatic rings. The lowest BCUT2D eigenvalue weighted by atomic mass is 10.2. The molecular weight excluding hydrogens is 444 g/mol. The largest absolute Gasteiger partial charge is 0.376 e. The van der Waals surface area contributed by atoms with E-state index in [-0.39, 0.29) is 22.8 Å². The molecule has 1 amide bonds. The molecule has 0 radical (unpaired) electrons. The van der Waals surface area contributed by atoms with Crippen LogP contribution in [0.25, 0.3) is 10.2 Å². The van der Waals surface area contributed by atoms with Gasteiger partial charge in [-0.25, -0.2) is 4.98 Å². The number of rotatable bonds is 8.